The second kappa shape index (κ2) is 6.91. The van der Waals surface area contributed by atoms with Gasteiger partial charge < -0.3 is 5.73 Å². The smallest absolute Gasteiger partial charge is 0.0473 e. The van der Waals surface area contributed by atoms with Gasteiger partial charge in [0.1, 0.15) is 0 Å². The molecule has 1 aromatic carbocycles. The Morgan fingerprint density at radius 3 is 2.67 bits per heavy atom. The topological polar surface area (TPSA) is 32.5 Å². The van der Waals surface area contributed by atoms with Crippen molar-refractivity contribution in [3.8, 4) is 0 Å². The zero-order valence-corrected chi connectivity index (χ0v) is 13.3. The molecular weight excluding hydrogens is 258 g/mol. The van der Waals surface area contributed by atoms with Crippen molar-refractivity contribution in [3.05, 3.63) is 35.4 Å². The molecule has 0 bridgehead atoms. The van der Waals surface area contributed by atoms with Crippen LogP contribution in [0.5, 0.6) is 0 Å². The van der Waals surface area contributed by atoms with Crippen LogP contribution < -0.4 is 5.73 Å². The largest absolute Gasteiger partial charge is 0.329 e. The molecule has 2 atom stereocenters. The summed E-state index contributed by atoms with van der Waals surface area (Å²) in [6, 6.07) is 9.99. The molecule has 0 aliphatic carbocycles. The van der Waals surface area contributed by atoms with Crippen molar-refractivity contribution in [1.82, 2.24) is 9.80 Å². The van der Waals surface area contributed by atoms with E-state index in [1.165, 1.54) is 56.6 Å². The number of likely N-dealkylation sites (tertiary alicyclic amines) is 2. The molecule has 0 aromatic heterocycles. The molecule has 3 heteroatoms. The Morgan fingerprint density at radius 2 is 1.95 bits per heavy atom. The van der Waals surface area contributed by atoms with Gasteiger partial charge in [0.05, 0.1) is 0 Å². The molecule has 2 aliphatic heterocycles. The quantitative estimate of drug-likeness (QED) is 0.903. The maximum absolute atomic E-state index is 6.15. The summed E-state index contributed by atoms with van der Waals surface area (Å²) < 4.78 is 0. The standard InChI is InChI=1S/C18H29N3/c1-2-15-7-3-4-8-17(15)18(13-19)21-12-9-16(14-21)20-10-5-6-11-20/h3-4,7-8,16,18H,2,5-6,9-14,19H2,1H3. The van der Waals surface area contributed by atoms with E-state index in [2.05, 4.69) is 41.0 Å². The van der Waals surface area contributed by atoms with E-state index in [1.54, 1.807) is 0 Å². The molecule has 3 nitrogen and oxygen atoms in total. The lowest BCUT2D eigenvalue weighted by Gasteiger charge is -2.30. The number of nitrogens with two attached hydrogens (primary N) is 1. The minimum atomic E-state index is 0.397. The van der Waals surface area contributed by atoms with Gasteiger partial charge in [-0.05, 0) is 49.9 Å². The maximum atomic E-state index is 6.15. The van der Waals surface area contributed by atoms with Crippen LogP contribution in [-0.2, 0) is 6.42 Å². The average molecular weight is 287 g/mol. The predicted octanol–water partition coefficient (Wildman–Crippen LogP) is 2.42. The molecule has 2 unspecified atom stereocenters. The third kappa shape index (κ3) is 3.15. The minimum Gasteiger partial charge on any atom is -0.329 e. The molecule has 0 amide bonds. The zero-order chi connectivity index (χ0) is 14.7. The Bertz CT molecular complexity index is 454. The first-order chi connectivity index (χ1) is 10.3. The van der Waals surface area contributed by atoms with Crippen LogP contribution in [0.25, 0.3) is 0 Å². The van der Waals surface area contributed by atoms with Crippen molar-refractivity contribution < 1.29 is 0 Å². The highest BCUT2D eigenvalue weighted by Gasteiger charge is 2.33. The zero-order valence-electron chi connectivity index (χ0n) is 13.3. The molecule has 2 saturated heterocycles. The molecule has 21 heavy (non-hydrogen) atoms. The van der Waals surface area contributed by atoms with Crippen LogP contribution in [0.2, 0.25) is 0 Å². The SMILES string of the molecule is CCc1ccccc1C(CN)N1CCC(N2CCCC2)C1. The lowest BCUT2D eigenvalue weighted by atomic mass is 9.97. The van der Waals surface area contributed by atoms with Crippen LogP contribution >= 0.6 is 0 Å². The molecule has 0 radical (unpaired) electrons. The van der Waals surface area contributed by atoms with E-state index in [-0.39, 0.29) is 0 Å². The molecule has 116 valence electrons. The van der Waals surface area contributed by atoms with Gasteiger partial charge in [0.15, 0.2) is 0 Å². The van der Waals surface area contributed by atoms with Crippen molar-refractivity contribution in [2.45, 2.75) is 44.7 Å². The van der Waals surface area contributed by atoms with Crippen molar-refractivity contribution in [2.24, 2.45) is 5.73 Å². The highest BCUT2D eigenvalue weighted by molar-refractivity contribution is 5.30. The second-order valence-corrected chi connectivity index (χ2v) is 6.48. The van der Waals surface area contributed by atoms with Gasteiger partial charge in [0, 0.05) is 31.7 Å². The number of benzene rings is 1. The van der Waals surface area contributed by atoms with Gasteiger partial charge in [-0.2, -0.15) is 0 Å². The summed E-state index contributed by atoms with van der Waals surface area (Å²) >= 11 is 0. The lowest BCUT2D eigenvalue weighted by Crippen LogP contribution is -2.38. The number of hydrogen-bond acceptors (Lipinski definition) is 3. The number of nitrogens with zero attached hydrogens (tertiary/aromatic N) is 2. The second-order valence-electron chi connectivity index (χ2n) is 6.48. The molecule has 2 heterocycles. The van der Waals surface area contributed by atoms with Crippen molar-refractivity contribution in [3.63, 3.8) is 0 Å². The normalized spacial score (nSPS) is 25.5. The third-order valence-electron chi connectivity index (χ3n) is 5.31. The van der Waals surface area contributed by atoms with Crippen molar-refractivity contribution in [1.29, 1.82) is 0 Å². The Labute approximate surface area is 129 Å². The predicted molar refractivity (Wildman–Crippen MR) is 88.4 cm³/mol. The van der Waals surface area contributed by atoms with E-state index in [1.807, 2.05) is 0 Å². The van der Waals surface area contributed by atoms with E-state index in [9.17, 15) is 0 Å². The summed E-state index contributed by atoms with van der Waals surface area (Å²) in [4.78, 5) is 5.32. The Balaban J connectivity index is 1.72. The minimum absolute atomic E-state index is 0.397. The first kappa shape index (κ1) is 15.0. The van der Waals surface area contributed by atoms with E-state index < -0.39 is 0 Å². The first-order valence-electron chi connectivity index (χ1n) is 8.59. The highest BCUT2D eigenvalue weighted by atomic mass is 15.3. The van der Waals surface area contributed by atoms with Crippen molar-refractivity contribution in [2.75, 3.05) is 32.7 Å². The number of aryl methyl sites for hydroxylation is 1. The van der Waals surface area contributed by atoms with Gasteiger partial charge in [0.2, 0.25) is 0 Å². The van der Waals surface area contributed by atoms with Gasteiger partial charge in [0.25, 0.3) is 0 Å². The van der Waals surface area contributed by atoms with Crippen molar-refractivity contribution >= 4 is 0 Å². The summed E-state index contributed by atoms with van der Waals surface area (Å²) in [6.45, 7) is 7.96. The Kier molecular flexibility index (Phi) is 4.94. The van der Waals surface area contributed by atoms with Crippen LogP contribution in [0, 0.1) is 0 Å². The summed E-state index contributed by atoms with van der Waals surface area (Å²) in [5, 5.41) is 0. The van der Waals surface area contributed by atoms with E-state index in [0.29, 0.717) is 6.04 Å². The van der Waals surface area contributed by atoms with E-state index >= 15 is 0 Å². The van der Waals surface area contributed by atoms with E-state index in [0.717, 1.165) is 19.0 Å². The fourth-order valence-electron chi connectivity index (χ4n) is 4.11. The molecular formula is C18H29N3. The van der Waals surface area contributed by atoms with Crippen LogP contribution in [0.4, 0.5) is 0 Å². The van der Waals surface area contributed by atoms with Crippen LogP contribution in [-0.4, -0.2) is 48.6 Å². The van der Waals surface area contributed by atoms with Crippen LogP contribution in [0.3, 0.4) is 0 Å². The van der Waals surface area contributed by atoms with Crippen LogP contribution in [0.1, 0.15) is 43.4 Å². The molecule has 3 rings (SSSR count). The molecule has 1 aromatic rings. The Hall–Kier alpha value is -0.900. The van der Waals surface area contributed by atoms with Gasteiger partial charge in [-0.1, -0.05) is 31.2 Å². The first-order valence-corrected chi connectivity index (χ1v) is 8.59. The van der Waals surface area contributed by atoms with Gasteiger partial charge >= 0.3 is 0 Å². The van der Waals surface area contributed by atoms with Gasteiger partial charge in [-0.3, -0.25) is 9.80 Å². The Morgan fingerprint density at radius 1 is 1.19 bits per heavy atom. The molecule has 0 spiro atoms. The molecule has 2 N–H and O–H groups in total. The van der Waals surface area contributed by atoms with Gasteiger partial charge in [-0.25, -0.2) is 0 Å². The van der Waals surface area contributed by atoms with Gasteiger partial charge in [-0.15, -0.1) is 0 Å². The fourth-order valence-corrected chi connectivity index (χ4v) is 4.11. The number of hydrogen-bond donors (Lipinski definition) is 1. The average Bonchev–Trinajstić information content (AvgIpc) is 3.19. The highest BCUT2D eigenvalue weighted by Crippen LogP contribution is 2.29. The summed E-state index contributed by atoms with van der Waals surface area (Å²) in [5.41, 5.74) is 9.06. The van der Waals surface area contributed by atoms with E-state index in [4.69, 9.17) is 5.73 Å². The monoisotopic (exact) mass is 287 g/mol. The molecule has 0 saturated carbocycles. The molecule has 2 aliphatic rings. The van der Waals surface area contributed by atoms with Crippen LogP contribution in [0.15, 0.2) is 24.3 Å². The summed E-state index contributed by atoms with van der Waals surface area (Å²) in [7, 11) is 0. The maximum Gasteiger partial charge on any atom is 0.0473 e. The number of rotatable bonds is 5. The summed E-state index contributed by atoms with van der Waals surface area (Å²) in [6.07, 6.45) is 5.17. The lowest BCUT2D eigenvalue weighted by molar-refractivity contribution is 0.202. The fraction of sp³-hybridized carbons (Fsp3) is 0.667. The summed E-state index contributed by atoms with van der Waals surface area (Å²) in [5.74, 6) is 0. The molecule has 2 fully saturated rings. The third-order valence-corrected chi connectivity index (χ3v) is 5.31.